The SMILES string of the molecule is CN1CCC(CC2(CC3CCN(C)CC3)c3ccccc3-c3ccccc32)CC1. The van der Waals surface area contributed by atoms with E-state index in [-0.39, 0.29) is 5.41 Å². The number of hydrogen-bond donors (Lipinski definition) is 0. The molecule has 2 fully saturated rings. The van der Waals surface area contributed by atoms with E-state index in [1.807, 2.05) is 0 Å². The molecule has 154 valence electrons. The minimum absolute atomic E-state index is 0.217. The third kappa shape index (κ3) is 3.55. The van der Waals surface area contributed by atoms with E-state index in [0.29, 0.717) is 0 Å². The summed E-state index contributed by atoms with van der Waals surface area (Å²) in [6.45, 7) is 5.05. The lowest BCUT2D eigenvalue weighted by Gasteiger charge is -2.42. The van der Waals surface area contributed by atoms with E-state index in [0.717, 1.165) is 11.8 Å². The van der Waals surface area contributed by atoms with Crippen molar-refractivity contribution in [3.8, 4) is 11.1 Å². The van der Waals surface area contributed by atoms with E-state index in [1.165, 1.54) is 75.8 Å². The number of fused-ring (bicyclic) bond motifs is 3. The number of nitrogens with zero attached hydrogens (tertiary/aromatic N) is 2. The molecule has 0 spiro atoms. The summed E-state index contributed by atoms with van der Waals surface area (Å²) in [6.07, 6.45) is 8.10. The van der Waals surface area contributed by atoms with Gasteiger partial charge in [-0.1, -0.05) is 48.5 Å². The standard InChI is InChI=1S/C27H36N2/c1-28-15-11-21(12-16-28)19-27(20-22-13-17-29(2)18-14-22)25-9-5-3-7-23(25)24-8-4-6-10-26(24)27/h3-10,21-22H,11-20H2,1-2H3. The second kappa shape index (κ2) is 7.89. The third-order valence-corrected chi connectivity index (χ3v) is 8.13. The van der Waals surface area contributed by atoms with Crippen molar-refractivity contribution in [1.29, 1.82) is 0 Å². The van der Waals surface area contributed by atoms with Crippen LogP contribution in [0.1, 0.15) is 49.7 Å². The maximum Gasteiger partial charge on any atom is 0.0220 e. The van der Waals surface area contributed by atoms with Crippen LogP contribution < -0.4 is 0 Å². The van der Waals surface area contributed by atoms with Gasteiger partial charge >= 0.3 is 0 Å². The molecule has 2 heterocycles. The van der Waals surface area contributed by atoms with Crippen molar-refractivity contribution >= 4 is 0 Å². The van der Waals surface area contributed by atoms with Crippen LogP contribution in [0.5, 0.6) is 0 Å². The molecule has 2 saturated heterocycles. The van der Waals surface area contributed by atoms with Gasteiger partial charge in [0.2, 0.25) is 0 Å². The zero-order chi connectivity index (χ0) is 19.8. The van der Waals surface area contributed by atoms with Crippen LogP contribution in [0, 0.1) is 11.8 Å². The lowest BCUT2D eigenvalue weighted by Crippen LogP contribution is -2.38. The summed E-state index contributed by atoms with van der Waals surface area (Å²) in [6, 6.07) is 18.7. The zero-order valence-electron chi connectivity index (χ0n) is 18.2. The number of likely N-dealkylation sites (tertiary alicyclic amines) is 2. The van der Waals surface area contributed by atoms with E-state index < -0.39 is 0 Å². The van der Waals surface area contributed by atoms with Gasteiger partial charge in [0, 0.05) is 5.41 Å². The number of piperidine rings is 2. The summed E-state index contributed by atoms with van der Waals surface area (Å²) in [5, 5.41) is 0. The van der Waals surface area contributed by atoms with Crippen LogP contribution in [0.25, 0.3) is 11.1 Å². The summed E-state index contributed by atoms with van der Waals surface area (Å²) < 4.78 is 0. The first-order chi connectivity index (χ1) is 14.2. The highest BCUT2D eigenvalue weighted by molar-refractivity contribution is 5.81. The summed E-state index contributed by atoms with van der Waals surface area (Å²) in [5.74, 6) is 1.69. The van der Waals surface area contributed by atoms with Gasteiger partial charge in [0.15, 0.2) is 0 Å². The van der Waals surface area contributed by atoms with Crippen LogP contribution in [0.15, 0.2) is 48.5 Å². The molecule has 2 aromatic rings. The fourth-order valence-corrected chi connectivity index (χ4v) is 6.46. The first-order valence-corrected chi connectivity index (χ1v) is 11.7. The van der Waals surface area contributed by atoms with Crippen molar-refractivity contribution in [3.63, 3.8) is 0 Å². The molecule has 5 rings (SSSR count). The van der Waals surface area contributed by atoms with E-state index >= 15 is 0 Å². The predicted molar refractivity (Wildman–Crippen MR) is 122 cm³/mol. The highest BCUT2D eigenvalue weighted by atomic mass is 15.1. The Morgan fingerprint density at radius 2 is 1.03 bits per heavy atom. The van der Waals surface area contributed by atoms with Gasteiger partial charge in [0.05, 0.1) is 0 Å². The molecular weight excluding hydrogens is 352 g/mol. The minimum atomic E-state index is 0.217. The molecule has 2 aromatic carbocycles. The van der Waals surface area contributed by atoms with Crippen LogP contribution >= 0.6 is 0 Å². The number of hydrogen-bond acceptors (Lipinski definition) is 2. The normalized spacial score (nSPS) is 23.1. The Labute approximate surface area is 176 Å². The molecule has 0 N–H and O–H groups in total. The topological polar surface area (TPSA) is 6.48 Å². The van der Waals surface area contributed by atoms with Gasteiger partial charge in [0.1, 0.15) is 0 Å². The Kier molecular flexibility index (Phi) is 5.26. The van der Waals surface area contributed by atoms with Crippen LogP contribution in [-0.2, 0) is 5.41 Å². The average Bonchev–Trinajstić information content (AvgIpc) is 3.02. The van der Waals surface area contributed by atoms with Crippen molar-refractivity contribution in [2.75, 3.05) is 40.3 Å². The molecule has 0 atom stereocenters. The second-order valence-electron chi connectivity index (χ2n) is 10.1. The molecule has 1 aliphatic carbocycles. The molecule has 0 saturated carbocycles. The fourth-order valence-electron chi connectivity index (χ4n) is 6.46. The number of rotatable bonds is 4. The molecule has 0 aromatic heterocycles. The molecule has 0 bridgehead atoms. The van der Waals surface area contributed by atoms with Crippen LogP contribution in [0.4, 0.5) is 0 Å². The monoisotopic (exact) mass is 388 g/mol. The van der Waals surface area contributed by atoms with Crippen LogP contribution in [0.3, 0.4) is 0 Å². The Morgan fingerprint density at radius 3 is 1.45 bits per heavy atom. The summed E-state index contributed by atoms with van der Waals surface area (Å²) >= 11 is 0. The highest BCUT2D eigenvalue weighted by Crippen LogP contribution is 2.56. The van der Waals surface area contributed by atoms with Crippen molar-refractivity contribution < 1.29 is 0 Å². The van der Waals surface area contributed by atoms with Gasteiger partial charge < -0.3 is 9.80 Å². The Bertz CT molecular complexity index is 770. The molecule has 2 heteroatoms. The average molecular weight is 389 g/mol. The zero-order valence-corrected chi connectivity index (χ0v) is 18.2. The van der Waals surface area contributed by atoms with E-state index in [4.69, 9.17) is 0 Å². The predicted octanol–water partition coefficient (Wildman–Crippen LogP) is 5.42. The van der Waals surface area contributed by atoms with Gasteiger partial charge in [-0.15, -0.1) is 0 Å². The van der Waals surface area contributed by atoms with Crippen molar-refractivity contribution in [1.82, 2.24) is 9.80 Å². The number of benzene rings is 2. The van der Waals surface area contributed by atoms with Gasteiger partial charge in [-0.25, -0.2) is 0 Å². The van der Waals surface area contributed by atoms with Crippen molar-refractivity contribution in [3.05, 3.63) is 59.7 Å². The van der Waals surface area contributed by atoms with E-state index in [1.54, 1.807) is 11.1 Å². The highest BCUT2D eigenvalue weighted by Gasteiger charge is 2.45. The maximum atomic E-state index is 2.51. The molecule has 0 amide bonds. The third-order valence-electron chi connectivity index (χ3n) is 8.13. The molecular formula is C27H36N2. The summed E-state index contributed by atoms with van der Waals surface area (Å²) in [5.41, 5.74) is 6.47. The summed E-state index contributed by atoms with van der Waals surface area (Å²) in [7, 11) is 4.56. The quantitative estimate of drug-likeness (QED) is 0.690. The molecule has 0 radical (unpaired) electrons. The first-order valence-electron chi connectivity index (χ1n) is 11.7. The smallest absolute Gasteiger partial charge is 0.0220 e. The Hall–Kier alpha value is -1.64. The van der Waals surface area contributed by atoms with Crippen molar-refractivity contribution in [2.45, 2.75) is 43.9 Å². The molecule has 3 aliphatic rings. The lowest BCUT2D eigenvalue weighted by molar-refractivity contribution is 0.160. The van der Waals surface area contributed by atoms with Crippen LogP contribution in [0.2, 0.25) is 0 Å². The molecule has 29 heavy (non-hydrogen) atoms. The first kappa shape index (κ1) is 19.3. The van der Waals surface area contributed by atoms with E-state index in [9.17, 15) is 0 Å². The Balaban J connectivity index is 1.55. The minimum Gasteiger partial charge on any atom is -0.306 e. The Morgan fingerprint density at radius 1 is 0.655 bits per heavy atom. The maximum absolute atomic E-state index is 2.51. The summed E-state index contributed by atoms with van der Waals surface area (Å²) in [4.78, 5) is 5.02. The second-order valence-corrected chi connectivity index (χ2v) is 10.1. The van der Waals surface area contributed by atoms with Gasteiger partial charge in [-0.3, -0.25) is 0 Å². The lowest BCUT2D eigenvalue weighted by atomic mass is 9.65. The largest absolute Gasteiger partial charge is 0.306 e. The fraction of sp³-hybridized carbons (Fsp3) is 0.556. The molecule has 2 nitrogen and oxygen atoms in total. The van der Waals surface area contributed by atoms with E-state index in [2.05, 4.69) is 72.4 Å². The van der Waals surface area contributed by atoms with Crippen LogP contribution in [-0.4, -0.2) is 50.1 Å². The van der Waals surface area contributed by atoms with Gasteiger partial charge in [0.25, 0.3) is 0 Å². The van der Waals surface area contributed by atoms with Gasteiger partial charge in [-0.05, 0) is 113 Å². The van der Waals surface area contributed by atoms with Gasteiger partial charge in [-0.2, -0.15) is 0 Å². The van der Waals surface area contributed by atoms with Crippen molar-refractivity contribution in [2.24, 2.45) is 11.8 Å². The molecule has 0 unspecified atom stereocenters. The molecule has 2 aliphatic heterocycles.